The van der Waals surface area contributed by atoms with Crippen molar-refractivity contribution in [3.63, 3.8) is 0 Å². The molecule has 1 atom stereocenters. The lowest BCUT2D eigenvalue weighted by Gasteiger charge is -2.21. The average molecular weight is 419 g/mol. The number of carbonyl (C=O) groups excluding carboxylic acids is 2. The van der Waals surface area contributed by atoms with Crippen LogP contribution in [-0.2, 0) is 19.4 Å². The predicted octanol–water partition coefficient (Wildman–Crippen LogP) is 3.54. The second-order valence-electron chi connectivity index (χ2n) is 6.82. The number of fused-ring (bicyclic) bond motifs is 1. The number of amides is 2. The van der Waals surface area contributed by atoms with E-state index >= 15 is 0 Å². The van der Waals surface area contributed by atoms with Crippen LogP contribution in [0.4, 0.5) is 11.4 Å². The first-order valence-electron chi connectivity index (χ1n) is 8.87. The maximum absolute atomic E-state index is 12.6. The van der Waals surface area contributed by atoms with Crippen molar-refractivity contribution in [1.29, 1.82) is 0 Å². The van der Waals surface area contributed by atoms with Crippen LogP contribution in [0.1, 0.15) is 24.5 Å². The molecule has 2 aromatic rings. The molecular weight excluding hydrogens is 396 g/mol. The maximum Gasteiger partial charge on any atom is 0.237 e. The van der Waals surface area contributed by atoms with E-state index in [1.807, 2.05) is 26.0 Å². The Morgan fingerprint density at radius 3 is 2.61 bits per heavy atom. The summed E-state index contributed by atoms with van der Waals surface area (Å²) < 4.78 is 25.2. The number of hydrogen-bond donors (Lipinski definition) is 2. The van der Waals surface area contributed by atoms with Gasteiger partial charge in [-0.1, -0.05) is 6.07 Å². The fraction of sp³-hybridized carbons (Fsp3) is 0.300. The van der Waals surface area contributed by atoms with Gasteiger partial charge in [0.1, 0.15) is 0 Å². The summed E-state index contributed by atoms with van der Waals surface area (Å²) in [6.07, 6.45) is -0.148. The van der Waals surface area contributed by atoms with E-state index in [2.05, 4.69) is 10.6 Å². The SMILES string of the molecule is Cc1ccc(NC(=O)CCS(=O)(=O)c2ccc3c(c2)NC(=O)[C@@H](C)S3)cc1C. The monoisotopic (exact) mass is 418 g/mol. The lowest BCUT2D eigenvalue weighted by molar-refractivity contribution is -0.116. The van der Waals surface area contributed by atoms with Crippen molar-refractivity contribution in [2.45, 2.75) is 42.2 Å². The molecule has 2 N–H and O–H groups in total. The normalized spacial score (nSPS) is 16.2. The van der Waals surface area contributed by atoms with Gasteiger partial charge in [-0.05, 0) is 62.2 Å². The standard InChI is InChI=1S/C20H22N2O4S2/c1-12-4-5-15(10-13(12)2)21-19(23)8-9-28(25,26)16-6-7-18-17(11-16)22-20(24)14(3)27-18/h4-7,10-11,14H,8-9H2,1-3H3,(H,21,23)(H,22,24)/t14-/m1/s1. The fourth-order valence-electron chi connectivity index (χ4n) is 2.77. The third-order valence-electron chi connectivity index (χ3n) is 4.63. The van der Waals surface area contributed by atoms with Crippen molar-refractivity contribution < 1.29 is 18.0 Å². The second-order valence-corrected chi connectivity index (χ2v) is 10.3. The summed E-state index contributed by atoms with van der Waals surface area (Å²) in [5.74, 6) is -0.817. The van der Waals surface area contributed by atoms with Gasteiger partial charge < -0.3 is 10.6 Å². The number of benzene rings is 2. The van der Waals surface area contributed by atoms with Gasteiger partial charge in [0, 0.05) is 17.0 Å². The fourth-order valence-corrected chi connectivity index (χ4v) is 4.96. The van der Waals surface area contributed by atoms with E-state index in [9.17, 15) is 18.0 Å². The molecule has 0 aromatic heterocycles. The molecule has 0 spiro atoms. The molecular formula is C20H22N2O4S2. The second kappa shape index (κ2) is 7.97. The topological polar surface area (TPSA) is 92.3 Å². The number of anilines is 2. The van der Waals surface area contributed by atoms with Crippen molar-refractivity contribution in [1.82, 2.24) is 0 Å². The molecule has 2 amide bonds. The summed E-state index contributed by atoms with van der Waals surface area (Å²) in [7, 11) is -3.65. The highest BCUT2D eigenvalue weighted by Gasteiger charge is 2.25. The van der Waals surface area contributed by atoms with Crippen LogP contribution in [0.3, 0.4) is 0 Å². The number of sulfone groups is 1. The highest BCUT2D eigenvalue weighted by Crippen LogP contribution is 2.36. The molecule has 1 aliphatic rings. The first-order valence-corrected chi connectivity index (χ1v) is 11.4. The lowest BCUT2D eigenvalue weighted by Crippen LogP contribution is -2.26. The molecule has 1 aliphatic heterocycles. The first-order chi connectivity index (χ1) is 13.2. The highest BCUT2D eigenvalue weighted by molar-refractivity contribution is 8.01. The van der Waals surface area contributed by atoms with E-state index in [0.29, 0.717) is 11.4 Å². The Bertz CT molecular complexity index is 1050. The van der Waals surface area contributed by atoms with Crippen LogP contribution < -0.4 is 10.6 Å². The van der Waals surface area contributed by atoms with Crippen molar-refractivity contribution >= 4 is 44.8 Å². The zero-order chi connectivity index (χ0) is 20.5. The molecule has 0 unspecified atom stereocenters. The lowest BCUT2D eigenvalue weighted by atomic mass is 10.1. The number of nitrogens with one attached hydrogen (secondary N) is 2. The molecule has 148 valence electrons. The smallest absolute Gasteiger partial charge is 0.237 e. The van der Waals surface area contributed by atoms with Crippen LogP contribution in [0.2, 0.25) is 0 Å². The zero-order valence-electron chi connectivity index (χ0n) is 15.9. The molecule has 0 saturated carbocycles. The minimum Gasteiger partial charge on any atom is -0.326 e. The van der Waals surface area contributed by atoms with E-state index in [-0.39, 0.29) is 34.1 Å². The third kappa shape index (κ3) is 4.56. The average Bonchev–Trinajstić information content (AvgIpc) is 2.64. The minimum absolute atomic E-state index is 0.0979. The van der Waals surface area contributed by atoms with Gasteiger partial charge in [0.15, 0.2) is 9.84 Å². The molecule has 0 saturated heterocycles. The van der Waals surface area contributed by atoms with Crippen LogP contribution in [0.15, 0.2) is 46.2 Å². The summed E-state index contributed by atoms with van der Waals surface area (Å²) in [5, 5.41) is 5.24. The molecule has 28 heavy (non-hydrogen) atoms. The largest absolute Gasteiger partial charge is 0.326 e. The first kappa shape index (κ1) is 20.4. The Kier molecular flexibility index (Phi) is 5.81. The van der Waals surface area contributed by atoms with Crippen LogP contribution in [-0.4, -0.2) is 31.2 Å². The predicted molar refractivity (Wildman–Crippen MR) is 112 cm³/mol. The summed E-state index contributed by atoms with van der Waals surface area (Å²) in [6, 6.07) is 10.2. The molecule has 8 heteroatoms. The van der Waals surface area contributed by atoms with Gasteiger partial charge in [-0.2, -0.15) is 0 Å². The maximum atomic E-state index is 12.6. The molecule has 2 aromatic carbocycles. The third-order valence-corrected chi connectivity index (χ3v) is 7.52. The van der Waals surface area contributed by atoms with Crippen LogP contribution >= 0.6 is 11.8 Å². The number of carbonyl (C=O) groups is 2. The van der Waals surface area contributed by atoms with Gasteiger partial charge >= 0.3 is 0 Å². The van der Waals surface area contributed by atoms with E-state index in [0.717, 1.165) is 16.0 Å². The molecule has 6 nitrogen and oxygen atoms in total. The van der Waals surface area contributed by atoms with Crippen molar-refractivity contribution in [2.24, 2.45) is 0 Å². The number of hydrogen-bond acceptors (Lipinski definition) is 5. The van der Waals surface area contributed by atoms with Gasteiger partial charge in [0.25, 0.3) is 0 Å². The Balaban J connectivity index is 1.67. The van der Waals surface area contributed by atoms with Crippen molar-refractivity contribution in [3.8, 4) is 0 Å². The van der Waals surface area contributed by atoms with E-state index in [4.69, 9.17) is 0 Å². The van der Waals surface area contributed by atoms with E-state index in [1.54, 1.807) is 19.1 Å². The van der Waals surface area contributed by atoms with Gasteiger partial charge in [-0.3, -0.25) is 9.59 Å². The molecule has 3 rings (SSSR count). The van der Waals surface area contributed by atoms with Crippen LogP contribution in [0.25, 0.3) is 0 Å². The van der Waals surface area contributed by atoms with Gasteiger partial charge in [0.2, 0.25) is 11.8 Å². The van der Waals surface area contributed by atoms with Crippen LogP contribution in [0.5, 0.6) is 0 Å². The van der Waals surface area contributed by atoms with Crippen LogP contribution in [0, 0.1) is 13.8 Å². The van der Waals surface area contributed by atoms with E-state index in [1.165, 1.54) is 23.9 Å². The molecule has 1 heterocycles. The molecule has 0 bridgehead atoms. The quantitative estimate of drug-likeness (QED) is 0.775. The summed E-state index contributed by atoms with van der Waals surface area (Å²) >= 11 is 1.39. The Morgan fingerprint density at radius 2 is 1.89 bits per heavy atom. The summed E-state index contributed by atoms with van der Waals surface area (Å²) in [5.41, 5.74) is 3.31. The number of rotatable bonds is 5. The molecule has 0 aliphatic carbocycles. The minimum atomic E-state index is -3.65. The highest BCUT2D eigenvalue weighted by atomic mass is 32.2. The summed E-state index contributed by atoms with van der Waals surface area (Å²) in [4.78, 5) is 24.9. The summed E-state index contributed by atoms with van der Waals surface area (Å²) in [6.45, 7) is 5.72. The number of thioether (sulfide) groups is 1. The molecule has 0 fully saturated rings. The molecule has 0 radical (unpaired) electrons. The van der Waals surface area contributed by atoms with Gasteiger partial charge in [0.05, 0.1) is 21.6 Å². The Hall–Kier alpha value is -2.32. The van der Waals surface area contributed by atoms with Gasteiger partial charge in [-0.25, -0.2) is 8.42 Å². The number of aryl methyl sites for hydroxylation is 2. The van der Waals surface area contributed by atoms with Crippen molar-refractivity contribution in [2.75, 3.05) is 16.4 Å². The van der Waals surface area contributed by atoms with Crippen molar-refractivity contribution in [3.05, 3.63) is 47.5 Å². The Labute approximate surface area is 169 Å². The zero-order valence-corrected chi connectivity index (χ0v) is 17.5. The Morgan fingerprint density at radius 1 is 1.14 bits per heavy atom. The van der Waals surface area contributed by atoms with E-state index < -0.39 is 9.84 Å². The van der Waals surface area contributed by atoms with Gasteiger partial charge in [-0.15, -0.1) is 11.8 Å².